The number of methoxy groups -OCH3 is 2. The minimum absolute atomic E-state index is 0.180. The lowest BCUT2D eigenvalue weighted by atomic mass is 10.0. The standard InChI is InChI=1S/C22H22N4O4S/c1-5-31-22-23-20(28)19-15-8-6-7-9-17(15)25(13(2)27)21(26(19)24-22)16-11-10-14(29-3)12-18(16)30-4/h6-12,21H,5H2,1-4H3/p+1/t21-/m1/s1. The third-order valence-electron chi connectivity index (χ3n) is 5.10. The Morgan fingerprint density at radius 3 is 2.68 bits per heavy atom. The molecular weight excluding hydrogens is 416 g/mol. The summed E-state index contributed by atoms with van der Waals surface area (Å²) in [6.07, 6.45) is -0.707. The molecule has 0 spiro atoms. The minimum Gasteiger partial charge on any atom is -0.497 e. The molecule has 0 radical (unpaired) electrons. The van der Waals surface area contributed by atoms with Crippen molar-refractivity contribution in [2.75, 3.05) is 24.9 Å². The van der Waals surface area contributed by atoms with E-state index >= 15 is 0 Å². The summed E-state index contributed by atoms with van der Waals surface area (Å²) in [6.45, 7) is 3.48. The Balaban J connectivity index is 2.07. The minimum atomic E-state index is -0.707. The smallest absolute Gasteiger partial charge is 0.325 e. The average Bonchev–Trinajstić information content (AvgIpc) is 2.77. The van der Waals surface area contributed by atoms with Gasteiger partial charge < -0.3 is 9.47 Å². The van der Waals surface area contributed by atoms with Gasteiger partial charge >= 0.3 is 11.3 Å². The van der Waals surface area contributed by atoms with E-state index in [0.717, 1.165) is 5.75 Å². The molecule has 1 aliphatic rings. The molecule has 3 aromatic rings. The van der Waals surface area contributed by atoms with Crippen molar-refractivity contribution in [1.82, 2.24) is 10.1 Å². The quantitative estimate of drug-likeness (QED) is 0.486. The Hall–Kier alpha value is -3.33. The van der Waals surface area contributed by atoms with Crippen molar-refractivity contribution >= 4 is 23.4 Å². The van der Waals surface area contributed by atoms with Crippen LogP contribution >= 0.6 is 11.8 Å². The highest BCUT2D eigenvalue weighted by molar-refractivity contribution is 7.99. The monoisotopic (exact) mass is 439 g/mol. The first-order valence-electron chi connectivity index (χ1n) is 9.80. The fourth-order valence-electron chi connectivity index (χ4n) is 3.83. The summed E-state index contributed by atoms with van der Waals surface area (Å²) in [6, 6.07) is 12.7. The first-order chi connectivity index (χ1) is 15.0. The number of nitrogens with one attached hydrogen (secondary N) is 1. The number of H-pyrrole nitrogens is 1. The molecule has 160 valence electrons. The topological polar surface area (TPSA) is 88.4 Å². The molecule has 1 aliphatic heterocycles. The number of ether oxygens (including phenoxy) is 2. The summed E-state index contributed by atoms with van der Waals surface area (Å²) < 4.78 is 12.6. The highest BCUT2D eigenvalue weighted by atomic mass is 32.2. The number of rotatable bonds is 5. The highest BCUT2D eigenvalue weighted by Gasteiger charge is 2.46. The number of nitrogens with zero attached hydrogens (tertiary/aromatic N) is 3. The number of para-hydroxylation sites is 1. The van der Waals surface area contributed by atoms with Crippen molar-refractivity contribution < 1.29 is 19.0 Å². The molecule has 2 heterocycles. The molecule has 0 saturated carbocycles. The number of anilines is 1. The zero-order chi connectivity index (χ0) is 22.1. The van der Waals surface area contributed by atoms with Gasteiger partial charge in [-0.1, -0.05) is 30.8 Å². The van der Waals surface area contributed by atoms with E-state index in [2.05, 4.69) is 4.98 Å². The summed E-state index contributed by atoms with van der Waals surface area (Å²) in [5.41, 5.74) is 2.09. The second-order valence-corrected chi connectivity index (χ2v) is 8.13. The number of aromatic nitrogens is 3. The van der Waals surface area contributed by atoms with Gasteiger partial charge in [-0.3, -0.25) is 14.6 Å². The van der Waals surface area contributed by atoms with Crippen LogP contribution in [0, 0.1) is 0 Å². The van der Waals surface area contributed by atoms with Crippen LogP contribution in [-0.2, 0) is 4.79 Å². The van der Waals surface area contributed by atoms with Crippen molar-refractivity contribution in [3.63, 3.8) is 0 Å². The van der Waals surface area contributed by atoms with Gasteiger partial charge in [-0.25, -0.2) is 4.90 Å². The molecule has 4 rings (SSSR count). The number of hydrogen-bond acceptors (Lipinski definition) is 6. The largest absolute Gasteiger partial charge is 0.497 e. The number of hydrogen-bond donors (Lipinski definition) is 1. The van der Waals surface area contributed by atoms with Gasteiger partial charge in [0.05, 0.1) is 31.0 Å². The lowest BCUT2D eigenvalue weighted by molar-refractivity contribution is -0.763. The molecule has 9 heteroatoms. The third kappa shape index (κ3) is 3.54. The maximum atomic E-state index is 13.1. The van der Waals surface area contributed by atoms with Crippen LogP contribution in [0.5, 0.6) is 11.5 Å². The predicted molar refractivity (Wildman–Crippen MR) is 118 cm³/mol. The van der Waals surface area contributed by atoms with E-state index in [-0.39, 0.29) is 11.5 Å². The number of aromatic amines is 1. The highest BCUT2D eigenvalue weighted by Crippen LogP contribution is 2.40. The van der Waals surface area contributed by atoms with Gasteiger partial charge in [0.25, 0.3) is 6.17 Å². The molecule has 1 atom stereocenters. The molecule has 0 fully saturated rings. The van der Waals surface area contributed by atoms with Gasteiger partial charge in [0.15, 0.2) is 0 Å². The second-order valence-electron chi connectivity index (χ2n) is 6.87. The zero-order valence-corrected chi connectivity index (χ0v) is 18.5. The number of benzene rings is 2. The zero-order valence-electron chi connectivity index (χ0n) is 17.7. The molecule has 2 aromatic carbocycles. The SMILES string of the molecule is CCSc1n[n+]2c(c(=O)[nH]1)-c1ccccc1N(C(C)=O)[C@H]2c1ccc(OC)cc1OC. The molecule has 0 aliphatic carbocycles. The summed E-state index contributed by atoms with van der Waals surface area (Å²) in [5, 5.41) is 5.20. The van der Waals surface area contributed by atoms with Gasteiger partial charge in [-0.15, -0.1) is 0 Å². The fraction of sp³-hybridized carbons (Fsp3) is 0.273. The summed E-state index contributed by atoms with van der Waals surface area (Å²) >= 11 is 1.42. The molecule has 1 amide bonds. The van der Waals surface area contributed by atoms with E-state index < -0.39 is 6.17 Å². The normalized spacial score (nSPS) is 14.6. The molecule has 0 unspecified atom stereocenters. The number of carbonyl (C=O) groups excluding carboxylic acids is 1. The number of amides is 1. The average molecular weight is 440 g/mol. The van der Waals surface area contributed by atoms with E-state index in [1.54, 1.807) is 35.9 Å². The second kappa shape index (κ2) is 8.43. The molecule has 1 N–H and O–H groups in total. The van der Waals surface area contributed by atoms with Gasteiger partial charge in [0.1, 0.15) is 11.5 Å². The Morgan fingerprint density at radius 2 is 2.00 bits per heavy atom. The molecule has 1 aromatic heterocycles. The van der Waals surface area contributed by atoms with Gasteiger partial charge in [0, 0.05) is 18.1 Å². The van der Waals surface area contributed by atoms with Crippen molar-refractivity contribution in [3.05, 3.63) is 58.4 Å². The maximum Gasteiger partial charge on any atom is 0.325 e. The van der Waals surface area contributed by atoms with Crippen LogP contribution in [-0.4, -0.2) is 36.0 Å². The fourth-order valence-corrected chi connectivity index (χ4v) is 4.41. The number of fused-ring (bicyclic) bond motifs is 3. The van der Waals surface area contributed by atoms with Crippen molar-refractivity contribution in [3.8, 4) is 22.8 Å². The Kier molecular flexibility index (Phi) is 5.69. The van der Waals surface area contributed by atoms with Gasteiger partial charge in [0.2, 0.25) is 11.1 Å². The van der Waals surface area contributed by atoms with Crippen molar-refractivity contribution in [1.29, 1.82) is 0 Å². The molecular formula is C22H23N4O4S+. The first-order valence-corrected chi connectivity index (χ1v) is 10.8. The summed E-state index contributed by atoms with van der Waals surface area (Å²) in [7, 11) is 3.13. The van der Waals surface area contributed by atoms with Crippen LogP contribution in [0.25, 0.3) is 11.3 Å². The Bertz CT molecular complexity index is 1210. The van der Waals surface area contributed by atoms with Crippen LogP contribution < -0.4 is 24.6 Å². The van der Waals surface area contributed by atoms with Crippen LogP contribution in [0.15, 0.2) is 52.4 Å². The van der Waals surface area contributed by atoms with E-state index in [1.165, 1.54) is 18.7 Å². The third-order valence-corrected chi connectivity index (χ3v) is 5.84. The molecule has 8 nitrogen and oxygen atoms in total. The molecule has 0 saturated heterocycles. The van der Waals surface area contributed by atoms with E-state index in [1.807, 2.05) is 37.3 Å². The van der Waals surface area contributed by atoms with Gasteiger partial charge in [-0.05, 0) is 34.7 Å². The van der Waals surface area contributed by atoms with E-state index in [9.17, 15) is 9.59 Å². The lowest BCUT2D eigenvalue weighted by Gasteiger charge is -2.31. The first kappa shape index (κ1) is 20.9. The van der Waals surface area contributed by atoms with Crippen LogP contribution in [0.2, 0.25) is 0 Å². The molecule has 31 heavy (non-hydrogen) atoms. The Labute approximate surface area is 183 Å². The number of thioether (sulfide) groups is 1. The van der Waals surface area contributed by atoms with E-state index in [0.29, 0.717) is 39.2 Å². The van der Waals surface area contributed by atoms with Crippen LogP contribution in [0.1, 0.15) is 25.6 Å². The Morgan fingerprint density at radius 1 is 1.23 bits per heavy atom. The number of carbonyl (C=O) groups is 1. The van der Waals surface area contributed by atoms with E-state index in [4.69, 9.17) is 14.6 Å². The predicted octanol–water partition coefficient (Wildman–Crippen LogP) is 2.77. The van der Waals surface area contributed by atoms with Crippen molar-refractivity contribution in [2.24, 2.45) is 0 Å². The summed E-state index contributed by atoms with van der Waals surface area (Å²) in [4.78, 5) is 30.5. The van der Waals surface area contributed by atoms with Crippen LogP contribution in [0.4, 0.5) is 5.69 Å². The molecule has 0 bridgehead atoms. The van der Waals surface area contributed by atoms with Crippen molar-refractivity contribution in [2.45, 2.75) is 25.2 Å². The lowest BCUT2D eigenvalue weighted by Crippen LogP contribution is -2.60. The maximum absolute atomic E-state index is 13.1. The summed E-state index contributed by atoms with van der Waals surface area (Å²) in [5.74, 6) is 1.71. The van der Waals surface area contributed by atoms with Gasteiger partial charge in [-0.2, -0.15) is 0 Å². The van der Waals surface area contributed by atoms with Crippen LogP contribution in [0.3, 0.4) is 0 Å².